The molecule has 0 amide bonds. The highest BCUT2D eigenvalue weighted by Crippen LogP contribution is 2.13. The maximum atomic E-state index is 4.54. The highest BCUT2D eigenvalue weighted by molar-refractivity contribution is 7.09. The maximum absolute atomic E-state index is 4.54. The van der Waals surface area contributed by atoms with E-state index in [4.69, 9.17) is 0 Å². The normalized spacial score (nSPS) is 17.4. The Kier molecular flexibility index (Phi) is 4.40. The van der Waals surface area contributed by atoms with Crippen LogP contribution in [0.3, 0.4) is 0 Å². The molecule has 2 aromatic heterocycles. The molecule has 0 atom stereocenters. The quantitative estimate of drug-likeness (QED) is 0.863. The molecule has 0 spiro atoms. The van der Waals surface area contributed by atoms with Crippen molar-refractivity contribution in [3.63, 3.8) is 0 Å². The van der Waals surface area contributed by atoms with Gasteiger partial charge in [0.2, 0.25) is 0 Å². The lowest BCUT2D eigenvalue weighted by Crippen LogP contribution is -2.45. The first-order valence-corrected chi connectivity index (χ1v) is 7.93. The molecule has 1 aliphatic rings. The number of aryl methyl sites for hydroxylation is 1. The first-order chi connectivity index (χ1) is 9.79. The Bertz CT molecular complexity index is 532. The zero-order chi connectivity index (χ0) is 13.8. The van der Waals surface area contributed by atoms with Gasteiger partial charge in [-0.2, -0.15) is 0 Å². The Balaban J connectivity index is 1.47. The zero-order valence-corrected chi connectivity index (χ0v) is 12.6. The van der Waals surface area contributed by atoms with E-state index in [1.807, 2.05) is 12.3 Å². The molecule has 1 aliphatic heterocycles. The third-order valence-corrected chi connectivity index (χ3v) is 4.45. The molecule has 5 heteroatoms. The predicted molar refractivity (Wildman–Crippen MR) is 81.6 cm³/mol. The molecular weight excluding hydrogens is 268 g/mol. The van der Waals surface area contributed by atoms with Crippen molar-refractivity contribution in [3.05, 3.63) is 46.2 Å². The summed E-state index contributed by atoms with van der Waals surface area (Å²) < 4.78 is 0. The number of piperazine rings is 1. The summed E-state index contributed by atoms with van der Waals surface area (Å²) >= 11 is 1.74. The van der Waals surface area contributed by atoms with Crippen LogP contribution in [0.15, 0.2) is 29.8 Å². The first kappa shape index (κ1) is 13.7. The van der Waals surface area contributed by atoms with Gasteiger partial charge in [-0.25, -0.2) is 4.98 Å². The number of aromatic nitrogens is 2. The van der Waals surface area contributed by atoms with Crippen molar-refractivity contribution in [2.75, 3.05) is 26.2 Å². The average Bonchev–Trinajstić information content (AvgIpc) is 2.88. The lowest BCUT2D eigenvalue weighted by molar-refractivity contribution is 0.120. The van der Waals surface area contributed by atoms with Gasteiger partial charge in [0, 0.05) is 50.8 Å². The number of thiazole rings is 1. The van der Waals surface area contributed by atoms with Gasteiger partial charge in [-0.15, -0.1) is 11.3 Å². The van der Waals surface area contributed by atoms with Crippen LogP contribution in [0.25, 0.3) is 0 Å². The summed E-state index contributed by atoms with van der Waals surface area (Å²) in [7, 11) is 0. The van der Waals surface area contributed by atoms with Gasteiger partial charge in [-0.05, 0) is 19.1 Å². The van der Waals surface area contributed by atoms with Crippen LogP contribution in [-0.2, 0) is 13.1 Å². The molecular formula is C15H20N4S. The number of hydrogen-bond acceptors (Lipinski definition) is 5. The topological polar surface area (TPSA) is 32.3 Å². The smallest absolute Gasteiger partial charge is 0.0897 e. The fourth-order valence-corrected chi connectivity index (χ4v) is 3.14. The van der Waals surface area contributed by atoms with E-state index in [1.54, 1.807) is 11.3 Å². The molecule has 0 aliphatic carbocycles. The monoisotopic (exact) mass is 288 g/mol. The van der Waals surface area contributed by atoms with Crippen molar-refractivity contribution in [2.24, 2.45) is 0 Å². The Morgan fingerprint density at radius 1 is 1.05 bits per heavy atom. The maximum Gasteiger partial charge on any atom is 0.0897 e. The second-order valence-corrected chi connectivity index (χ2v) is 6.29. The van der Waals surface area contributed by atoms with Gasteiger partial charge < -0.3 is 0 Å². The number of rotatable bonds is 4. The highest BCUT2D eigenvalue weighted by atomic mass is 32.1. The summed E-state index contributed by atoms with van der Waals surface area (Å²) in [4.78, 5) is 13.9. The van der Waals surface area contributed by atoms with Crippen molar-refractivity contribution in [1.29, 1.82) is 0 Å². The molecule has 3 rings (SSSR count). The van der Waals surface area contributed by atoms with E-state index in [9.17, 15) is 0 Å². The second-order valence-electron chi connectivity index (χ2n) is 5.23. The lowest BCUT2D eigenvalue weighted by Gasteiger charge is -2.34. The first-order valence-electron chi connectivity index (χ1n) is 7.05. The molecule has 0 radical (unpaired) electrons. The van der Waals surface area contributed by atoms with Crippen LogP contribution in [-0.4, -0.2) is 45.9 Å². The minimum atomic E-state index is 0.963. The van der Waals surface area contributed by atoms with E-state index in [2.05, 4.69) is 44.2 Å². The van der Waals surface area contributed by atoms with Crippen LogP contribution in [0.4, 0.5) is 0 Å². The summed E-state index contributed by atoms with van der Waals surface area (Å²) in [5.74, 6) is 0. The predicted octanol–water partition coefficient (Wildman–Crippen LogP) is 2.16. The highest BCUT2D eigenvalue weighted by Gasteiger charge is 2.17. The van der Waals surface area contributed by atoms with Crippen LogP contribution in [0.2, 0.25) is 0 Å². The Labute approximate surface area is 124 Å². The van der Waals surface area contributed by atoms with Crippen LogP contribution >= 0.6 is 11.3 Å². The van der Waals surface area contributed by atoms with Crippen molar-refractivity contribution in [3.8, 4) is 0 Å². The summed E-state index contributed by atoms with van der Waals surface area (Å²) in [6, 6.07) is 6.13. The van der Waals surface area contributed by atoms with Crippen molar-refractivity contribution >= 4 is 11.3 Å². The molecule has 0 unspecified atom stereocenters. The molecule has 0 aromatic carbocycles. The SMILES string of the molecule is Cc1nc(CN2CCN(Cc3ccccn3)CC2)cs1. The Hall–Kier alpha value is -1.30. The van der Waals surface area contributed by atoms with Gasteiger partial charge >= 0.3 is 0 Å². The minimum absolute atomic E-state index is 0.963. The second kappa shape index (κ2) is 6.43. The van der Waals surface area contributed by atoms with Gasteiger partial charge in [0.05, 0.1) is 16.4 Å². The molecule has 2 aromatic rings. The van der Waals surface area contributed by atoms with Crippen LogP contribution in [0.5, 0.6) is 0 Å². The molecule has 106 valence electrons. The van der Waals surface area contributed by atoms with E-state index >= 15 is 0 Å². The van der Waals surface area contributed by atoms with Crippen LogP contribution < -0.4 is 0 Å². The van der Waals surface area contributed by atoms with Gasteiger partial charge in [-0.1, -0.05) is 6.07 Å². The lowest BCUT2D eigenvalue weighted by atomic mass is 10.2. The third-order valence-electron chi connectivity index (χ3n) is 3.63. The standard InChI is InChI=1S/C15H20N4S/c1-13-17-15(12-20-13)11-19-8-6-18(7-9-19)10-14-4-2-3-5-16-14/h2-5,12H,6-11H2,1H3. The van der Waals surface area contributed by atoms with E-state index < -0.39 is 0 Å². The van der Waals surface area contributed by atoms with Crippen molar-refractivity contribution < 1.29 is 0 Å². The van der Waals surface area contributed by atoms with E-state index in [-0.39, 0.29) is 0 Å². The molecule has 0 bridgehead atoms. The van der Waals surface area contributed by atoms with E-state index in [0.29, 0.717) is 0 Å². The number of hydrogen-bond donors (Lipinski definition) is 0. The van der Waals surface area contributed by atoms with Gasteiger partial charge in [0.25, 0.3) is 0 Å². The molecule has 20 heavy (non-hydrogen) atoms. The largest absolute Gasteiger partial charge is 0.295 e. The fourth-order valence-electron chi connectivity index (χ4n) is 2.54. The molecule has 1 saturated heterocycles. The summed E-state index contributed by atoms with van der Waals surface area (Å²) in [6.07, 6.45) is 1.87. The van der Waals surface area contributed by atoms with E-state index in [0.717, 1.165) is 50.0 Å². The Morgan fingerprint density at radius 3 is 2.30 bits per heavy atom. The third kappa shape index (κ3) is 3.62. The molecule has 0 saturated carbocycles. The molecule has 4 nitrogen and oxygen atoms in total. The zero-order valence-electron chi connectivity index (χ0n) is 11.8. The van der Waals surface area contributed by atoms with Crippen LogP contribution in [0.1, 0.15) is 16.4 Å². The molecule has 0 N–H and O–H groups in total. The van der Waals surface area contributed by atoms with E-state index in [1.165, 1.54) is 5.69 Å². The molecule has 1 fully saturated rings. The van der Waals surface area contributed by atoms with Crippen LogP contribution in [0, 0.1) is 6.92 Å². The average molecular weight is 288 g/mol. The summed E-state index contributed by atoms with van der Waals surface area (Å²) in [5.41, 5.74) is 2.38. The Morgan fingerprint density at radius 2 is 1.75 bits per heavy atom. The number of pyridine rings is 1. The van der Waals surface area contributed by atoms with Crippen molar-refractivity contribution in [2.45, 2.75) is 20.0 Å². The fraction of sp³-hybridized carbons (Fsp3) is 0.467. The minimum Gasteiger partial charge on any atom is -0.295 e. The van der Waals surface area contributed by atoms with Gasteiger partial charge in [-0.3, -0.25) is 14.8 Å². The van der Waals surface area contributed by atoms with Crippen molar-refractivity contribution in [1.82, 2.24) is 19.8 Å². The number of nitrogens with zero attached hydrogens (tertiary/aromatic N) is 4. The summed E-state index contributed by atoms with van der Waals surface area (Å²) in [6.45, 7) is 8.47. The molecule has 3 heterocycles. The van der Waals surface area contributed by atoms with Gasteiger partial charge in [0.15, 0.2) is 0 Å². The van der Waals surface area contributed by atoms with Gasteiger partial charge in [0.1, 0.15) is 0 Å². The summed E-state index contributed by atoms with van der Waals surface area (Å²) in [5, 5.41) is 3.34.